The van der Waals surface area contributed by atoms with Crippen LogP contribution in [-0.2, 0) is 11.2 Å². The lowest BCUT2D eigenvalue weighted by Gasteiger charge is -2.34. The molecule has 1 aromatic rings. The van der Waals surface area contributed by atoms with E-state index in [1.807, 2.05) is 12.1 Å². The zero-order valence-electron chi connectivity index (χ0n) is 11.5. The van der Waals surface area contributed by atoms with Gasteiger partial charge in [0.05, 0.1) is 7.11 Å². The largest absolute Gasteiger partial charge is 0.497 e. The Hall–Kier alpha value is -1.31. The molecule has 98 valence electrons. The van der Waals surface area contributed by atoms with E-state index >= 15 is 0 Å². The highest BCUT2D eigenvalue weighted by atomic mass is 16.5. The summed E-state index contributed by atoms with van der Waals surface area (Å²) >= 11 is 0. The molecule has 0 saturated heterocycles. The summed E-state index contributed by atoms with van der Waals surface area (Å²) in [5, 5.41) is 0. The van der Waals surface area contributed by atoms with Gasteiger partial charge in [0.25, 0.3) is 0 Å². The van der Waals surface area contributed by atoms with Gasteiger partial charge in [0.15, 0.2) is 0 Å². The number of ether oxygens (including phenoxy) is 1. The minimum absolute atomic E-state index is 0.166. The van der Waals surface area contributed by atoms with Gasteiger partial charge in [-0.2, -0.15) is 0 Å². The molecule has 1 aliphatic rings. The number of ketones is 1. The maximum Gasteiger partial charge on any atom is 0.133 e. The van der Waals surface area contributed by atoms with E-state index in [0.717, 1.165) is 31.4 Å². The van der Waals surface area contributed by atoms with E-state index in [1.54, 1.807) is 7.11 Å². The molecule has 1 aromatic carbocycles. The van der Waals surface area contributed by atoms with Gasteiger partial charge in [-0.1, -0.05) is 26.0 Å². The van der Waals surface area contributed by atoms with E-state index < -0.39 is 0 Å². The maximum atomic E-state index is 11.8. The Bertz CT molecular complexity index is 434. The number of hydrogen-bond donors (Lipinski definition) is 0. The Morgan fingerprint density at radius 3 is 2.83 bits per heavy atom. The van der Waals surface area contributed by atoms with Gasteiger partial charge in [0.2, 0.25) is 0 Å². The number of carbonyl (C=O) groups is 1. The predicted molar refractivity (Wildman–Crippen MR) is 72.8 cm³/mol. The van der Waals surface area contributed by atoms with E-state index in [1.165, 1.54) is 5.56 Å². The van der Waals surface area contributed by atoms with Crippen LogP contribution in [0, 0.1) is 11.3 Å². The number of methoxy groups -OCH3 is 1. The Morgan fingerprint density at radius 1 is 1.39 bits per heavy atom. The van der Waals surface area contributed by atoms with Crippen molar-refractivity contribution in [2.75, 3.05) is 7.11 Å². The fourth-order valence-electron chi connectivity index (χ4n) is 3.13. The van der Waals surface area contributed by atoms with Crippen LogP contribution in [0.1, 0.15) is 38.7 Å². The molecule has 1 unspecified atom stereocenters. The summed E-state index contributed by atoms with van der Waals surface area (Å²) in [5.41, 5.74) is 1.43. The molecule has 1 aliphatic carbocycles. The van der Waals surface area contributed by atoms with Crippen molar-refractivity contribution < 1.29 is 9.53 Å². The Labute approximate surface area is 109 Å². The molecule has 1 atom stereocenters. The second-order valence-electron chi connectivity index (χ2n) is 6.21. The summed E-state index contributed by atoms with van der Waals surface area (Å²) < 4.78 is 5.24. The average molecular weight is 246 g/mol. The molecule has 0 bridgehead atoms. The van der Waals surface area contributed by atoms with Crippen LogP contribution in [0.5, 0.6) is 5.75 Å². The molecular weight excluding hydrogens is 224 g/mol. The van der Waals surface area contributed by atoms with Crippen LogP contribution >= 0.6 is 0 Å². The molecule has 0 heterocycles. The highest BCUT2D eigenvalue weighted by molar-refractivity contribution is 5.80. The number of Topliss-reactive ketones (excluding diaryl/α,β-unsaturated/α-hetero) is 1. The van der Waals surface area contributed by atoms with Gasteiger partial charge >= 0.3 is 0 Å². The van der Waals surface area contributed by atoms with Gasteiger partial charge in [-0.3, -0.25) is 4.79 Å². The van der Waals surface area contributed by atoms with Gasteiger partial charge in [-0.05, 0) is 41.9 Å². The maximum absolute atomic E-state index is 11.8. The van der Waals surface area contributed by atoms with Crippen LogP contribution in [0.4, 0.5) is 0 Å². The van der Waals surface area contributed by atoms with Gasteiger partial charge in [-0.25, -0.2) is 0 Å². The van der Waals surface area contributed by atoms with Crippen LogP contribution in [0.15, 0.2) is 24.3 Å². The lowest BCUT2D eigenvalue weighted by atomic mass is 9.70. The Kier molecular flexibility index (Phi) is 3.74. The summed E-state index contributed by atoms with van der Waals surface area (Å²) in [5.74, 6) is 1.79. The minimum atomic E-state index is 0.166. The third-order valence-corrected chi connectivity index (χ3v) is 3.69. The fraction of sp³-hybridized carbons (Fsp3) is 0.562. The molecule has 2 rings (SSSR count). The van der Waals surface area contributed by atoms with Crippen LogP contribution in [0.2, 0.25) is 0 Å². The van der Waals surface area contributed by atoms with Crippen LogP contribution in [0.25, 0.3) is 0 Å². The Morgan fingerprint density at radius 2 is 2.17 bits per heavy atom. The second-order valence-corrected chi connectivity index (χ2v) is 6.21. The van der Waals surface area contributed by atoms with Crippen molar-refractivity contribution in [1.29, 1.82) is 0 Å². The smallest absolute Gasteiger partial charge is 0.133 e. The lowest BCUT2D eigenvalue weighted by Crippen LogP contribution is -2.29. The van der Waals surface area contributed by atoms with E-state index in [0.29, 0.717) is 11.7 Å². The van der Waals surface area contributed by atoms with Crippen molar-refractivity contribution in [3.05, 3.63) is 29.8 Å². The van der Waals surface area contributed by atoms with Crippen molar-refractivity contribution in [3.8, 4) is 5.75 Å². The SMILES string of the molecule is COc1cccc(CC2CC(=O)CC(C)(C)C2)c1. The molecule has 0 amide bonds. The molecule has 0 aliphatic heterocycles. The first kappa shape index (κ1) is 13.1. The van der Waals surface area contributed by atoms with Crippen molar-refractivity contribution in [3.63, 3.8) is 0 Å². The van der Waals surface area contributed by atoms with Gasteiger partial charge in [0.1, 0.15) is 11.5 Å². The first-order valence-corrected chi connectivity index (χ1v) is 6.63. The van der Waals surface area contributed by atoms with E-state index in [2.05, 4.69) is 26.0 Å². The number of rotatable bonds is 3. The molecule has 0 spiro atoms. The molecule has 2 heteroatoms. The molecule has 1 saturated carbocycles. The molecular formula is C16H22O2. The topological polar surface area (TPSA) is 26.3 Å². The molecule has 0 aromatic heterocycles. The van der Waals surface area contributed by atoms with Gasteiger partial charge in [-0.15, -0.1) is 0 Å². The van der Waals surface area contributed by atoms with Crippen LogP contribution in [-0.4, -0.2) is 12.9 Å². The summed E-state index contributed by atoms with van der Waals surface area (Å²) in [6.45, 7) is 4.39. The van der Waals surface area contributed by atoms with Gasteiger partial charge < -0.3 is 4.74 Å². The first-order valence-electron chi connectivity index (χ1n) is 6.63. The molecule has 0 radical (unpaired) electrons. The standard InChI is InChI=1S/C16H22O2/c1-16(2)10-13(8-14(17)11-16)7-12-5-4-6-15(9-12)18-3/h4-6,9,13H,7-8,10-11H2,1-3H3. The van der Waals surface area contributed by atoms with Gasteiger partial charge in [0, 0.05) is 12.8 Å². The summed E-state index contributed by atoms with van der Waals surface area (Å²) in [7, 11) is 1.69. The third-order valence-electron chi connectivity index (χ3n) is 3.69. The quantitative estimate of drug-likeness (QED) is 0.814. The van der Waals surface area contributed by atoms with Crippen LogP contribution in [0.3, 0.4) is 0 Å². The molecule has 1 fully saturated rings. The highest BCUT2D eigenvalue weighted by Crippen LogP contribution is 2.38. The fourth-order valence-corrected chi connectivity index (χ4v) is 3.13. The van der Waals surface area contributed by atoms with E-state index in [-0.39, 0.29) is 5.41 Å². The van der Waals surface area contributed by atoms with E-state index in [9.17, 15) is 4.79 Å². The number of benzene rings is 1. The molecule has 0 N–H and O–H groups in total. The van der Waals surface area contributed by atoms with Crippen LogP contribution < -0.4 is 4.74 Å². The van der Waals surface area contributed by atoms with Crippen molar-refractivity contribution in [2.45, 2.75) is 39.5 Å². The molecule has 2 nitrogen and oxygen atoms in total. The molecule has 18 heavy (non-hydrogen) atoms. The summed E-state index contributed by atoms with van der Waals surface area (Å²) in [6.07, 6.45) is 3.59. The number of carbonyl (C=O) groups excluding carboxylic acids is 1. The lowest BCUT2D eigenvalue weighted by molar-refractivity contribution is -0.124. The third kappa shape index (κ3) is 3.34. The average Bonchev–Trinajstić information content (AvgIpc) is 2.26. The monoisotopic (exact) mass is 246 g/mol. The Balaban J connectivity index is 2.06. The highest BCUT2D eigenvalue weighted by Gasteiger charge is 2.32. The number of hydrogen-bond acceptors (Lipinski definition) is 2. The minimum Gasteiger partial charge on any atom is -0.497 e. The second kappa shape index (κ2) is 5.13. The zero-order valence-corrected chi connectivity index (χ0v) is 11.5. The zero-order chi connectivity index (χ0) is 13.2. The first-order chi connectivity index (χ1) is 8.48. The van der Waals surface area contributed by atoms with Crippen molar-refractivity contribution in [1.82, 2.24) is 0 Å². The van der Waals surface area contributed by atoms with Crippen molar-refractivity contribution in [2.24, 2.45) is 11.3 Å². The summed E-state index contributed by atoms with van der Waals surface area (Å²) in [6, 6.07) is 8.17. The van der Waals surface area contributed by atoms with Crippen molar-refractivity contribution >= 4 is 5.78 Å². The normalized spacial score (nSPS) is 22.8. The van der Waals surface area contributed by atoms with E-state index in [4.69, 9.17) is 4.74 Å². The summed E-state index contributed by atoms with van der Waals surface area (Å²) in [4.78, 5) is 11.8. The predicted octanol–water partition coefficient (Wildman–Crippen LogP) is 3.63.